The summed E-state index contributed by atoms with van der Waals surface area (Å²) in [7, 11) is -3.36. The van der Waals surface area contributed by atoms with E-state index in [1.54, 1.807) is 24.3 Å². The van der Waals surface area contributed by atoms with E-state index in [0.29, 0.717) is 11.3 Å². The Balaban J connectivity index is 2.20. The summed E-state index contributed by atoms with van der Waals surface area (Å²) in [5.41, 5.74) is 1.33. The van der Waals surface area contributed by atoms with Gasteiger partial charge in [-0.15, -0.1) is 0 Å². The number of sulfone groups is 1. The van der Waals surface area contributed by atoms with E-state index >= 15 is 0 Å². The maximum atomic E-state index is 12.1. The highest BCUT2D eigenvalue weighted by molar-refractivity contribution is 7.90. The smallest absolute Gasteiger partial charge is 0.255 e. The van der Waals surface area contributed by atoms with Crippen molar-refractivity contribution in [1.82, 2.24) is 0 Å². The number of carbonyl (C=O) groups is 2. The summed E-state index contributed by atoms with van der Waals surface area (Å²) >= 11 is 0. The molecule has 1 amide bonds. The third-order valence-corrected chi connectivity index (χ3v) is 4.18. The summed E-state index contributed by atoms with van der Waals surface area (Å²) in [6.07, 6.45) is 1.09. The minimum Gasteiger partial charge on any atom is -0.322 e. The van der Waals surface area contributed by atoms with Gasteiger partial charge in [0.2, 0.25) is 0 Å². The van der Waals surface area contributed by atoms with Crippen molar-refractivity contribution in [2.45, 2.75) is 11.8 Å². The number of amides is 1. The summed E-state index contributed by atoms with van der Waals surface area (Å²) in [5, 5.41) is 2.66. The highest BCUT2D eigenvalue weighted by Crippen LogP contribution is 2.15. The number of ketones is 1. The predicted molar refractivity (Wildman–Crippen MR) is 84.0 cm³/mol. The van der Waals surface area contributed by atoms with Crippen molar-refractivity contribution in [1.29, 1.82) is 0 Å². The minimum atomic E-state index is -3.36. The molecule has 2 aromatic carbocycles. The molecular formula is C16H15NO4S. The van der Waals surface area contributed by atoms with E-state index in [1.807, 2.05) is 0 Å². The first-order chi connectivity index (χ1) is 10.3. The van der Waals surface area contributed by atoms with Crippen molar-refractivity contribution in [2.24, 2.45) is 0 Å². The Morgan fingerprint density at radius 3 is 2.14 bits per heavy atom. The summed E-state index contributed by atoms with van der Waals surface area (Å²) in [6.45, 7) is 1.46. The number of Topliss-reactive ketones (excluding diaryl/α,β-unsaturated/α-hetero) is 1. The molecule has 0 aliphatic carbocycles. The van der Waals surface area contributed by atoms with Crippen LogP contribution in [-0.2, 0) is 9.84 Å². The van der Waals surface area contributed by atoms with Crippen LogP contribution < -0.4 is 5.32 Å². The predicted octanol–water partition coefficient (Wildman–Crippen LogP) is 2.55. The van der Waals surface area contributed by atoms with Gasteiger partial charge < -0.3 is 5.32 Å². The van der Waals surface area contributed by atoms with Crippen LogP contribution in [0.1, 0.15) is 27.6 Å². The fourth-order valence-electron chi connectivity index (χ4n) is 1.86. The molecule has 0 atom stereocenters. The molecule has 5 nitrogen and oxygen atoms in total. The normalized spacial score (nSPS) is 11.0. The van der Waals surface area contributed by atoms with E-state index in [0.717, 1.165) is 6.26 Å². The molecule has 0 heterocycles. The molecule has 2 rings (SSSR count). The van der Waals surface area contributed by atoms with Crippen LogP contribution in [0.2, 0.25) is 0 Å². The van der Waals surface area contributed by atoms with Crippen LogP contribution in [0.3, 0.4) is 0 Å². The van der Waals surface area contributed by atoms with Crippen LogP contribution >= 0.6 is 0 Å². The Kier molecular flexibility index (Phi) is 4.42. The standard InChI is InChI=1S/C16H15NO4S/c1-11(18)12-6-8-14(9-7-12)17-16(19)13-4-3-5-15(10-13)22(2,20)21/h3-10H,1-2H3,(H,17,19). The number of benzene rings is 2. The fourth-order valence-corrected chi connectivity index (χ4v) is 2.53. The highest BCUT2D eigenvalue weighted by atomic mass is 32.2. The molecule has 0 saturated carbocycles. The third kappa shape index (κ3) is 3.79. The van der Waals surface area contributed by atoms with Gasteiger partial charge in [0.1, 0.15) is 0 Å². The van der Waals surface area contributed by atoms with Gasteiger partial charge in [-0.1, -0.05) is 6.07 Å². The van der Waals surface area contributed by atoms with E-state index in [-0.39, 0.29) is 16.2 Å². The molecule has 0 aliphatic heterocycles. The first-order valence-corrected chi connectivity index (χ1v) is 8.39. The van der Waals surface area contributed by atoms with E-state index in [1.165, 1.54) is 31.2 Å². The van der Waals surface area contributed by atoms with Crippen molar-refractivity contribution in [3.05, 3.63) is 59.7 Å². The Labute approximate surface area is 128 Å². The SMILES string of the molecule is CC(=O)c1ccc(NC(=O)c2cccc(S(C)(=O)=O)c2)cc1. The summed E-state index contributed by atoms with van der Waals surface area (Å²) in [5.74, 6) is -0.472. The van der Waals surface area contributed by atoms with Gasteiger partial charge in [0, 0.05) is 23.1 Å². The first kappa shape index (κ1) is 15.9. The second kappa shape index (κ2) is 6.11. The van der Waals surface area contributed by atoms with Crippen LogP contribution in [0, 0.1) is 0 Å². The number of carbonyl (C=O) groups excluding carboxylic acids is 2. The lowest BCUT2D eigenvalue weighted by molar-refractivity contribution is 0.101. The topological polar surface area (TPSA) is 80.3 Å². The van der Waals surface area contributed by atoms with Gasteiger partial charge in [-0.05, 0) is 49.4 Å². The molecule has 0 aliphatic rings. The summed E-state index contributed by atoms with van der Waals surface area (Å²) < 4.78 is 23.0. The average molecular weight is 317 g/mol. The van der Waals surface area contributed by atoms with Crippen molar-refractivity contribution in [3.8, 4) is 0 Å². The van der Waals surface area contributed by atoms with E-state index in [4.69, 9.17) is 0 Å². The Hall–Kier alpha value is -2.47. The Bertz CT molecular complexity index is 823. The van der Waals surface area contributed by atoms with Crippen LogP contribution in [-0.4, -0.2) is 26.4 Å². The molecule has 0 saturated heterocycles. The molecule has 0 spiro atoms. The monoisotopic (exact) mass is 317 g/mol. The molecule has 0 radical (unpaired) electrons. The molecule has 2 aromatic rings. The van der Waals surface area contributed by atoms with Crippen molar-refractivity contribution >= 4 is 27.2 Å². The van der Waals surface area contributed by atoms with Crippen LogP contribution in [0.5, 0.6) is 0 Å². The molecule has 114 valence electrons. The van der Waals surface area contributed by atoms with Crippen molar-refractivity contribution < 1.29 is 18.0 Å². The number of hydrogen-bond donors (Lipinski definition) is 1. The van der Waals surface area contributed by atoms with Gasteiger partial charge in [-0.2, -0.15) is 0 Å². The largest absolute Gasteiger partial charge is 0.322 e. The van der Waals surface area contributed by atoms with E-state index in [9.17, 15) is 18.0 Å². The van der Waals surface area contributed by atoms with Gasteiger partial charge in [-0.3, -0.25) is 9.59 Å². The van der Waals surface area contributed by atoms with Crippen LogP contribution in [0.15, 0.2) is 53.4 Å². The van der Waals surface area contributed by atoms with E-state index in [2.05, 4.69) is 5.32 Å². The maximum Gasteiger partial charge on any atom is 0.255 e. The van der Waals surface area contributed by atoms with Gasteiger partial charge in [0.05, 0.1) is 4.90 Å². The highest BCUT2D eigenvalue weighted by Gasteiger charge is 2.12. The zero-order chi connectivity index (χ0) is 16.3. The minimum absolute atomic E-state index is 0.0567. The number of hydrogen-bond acceptors (Lipinski definition) is 4. The zero-order valence-electron chi connectivity index (χ0n) is 12.2. The molecular weight excluding hydrogens is 302 g/mol. The molecule has 0 bridgehead atoms. The van der Waals surface area contributed by atoms with Crippen molar-refractivity contribution in [2.75, 3.05) is 11.6 Å². The lowest BCUT2D eigenvalue weighted by atomic mass is 10.1. The number of nitrogens with one attached hydrogen (secondary N) is 1. The second-order valence-electron chi connectivity index (χ2n) is 4.89. The van der Waals surface area contributed by atoms with Crippen LogP contribution in [0.25, 0.3) is 0 Å². The quantitative estimate of drug-likeness (QED) is 0.879. The molecule has 22 heavy (non-hydrogen) atoms. The molecule has 0 fully saturated rings. The number of anilines is 1. The van der Waals surface area contributed by atoms with Gasteiger partial charge in [0.15, 0.2) is 15.6 Å². The third-order valence-electron chi connectivity index (χ3n) is 3.07. The molecule has 6 heteroatoms. The van der Waals surface area contributed by atoms with Gasteiger partial charge in [-0.25, -0.2) is 8.42 Å². The van der Waals surface area contributed by atoms with Crippen molar-refractivity contribution in [3.63, 3.8) is 0 Å². The molecule has 0 aromatic heterocycles. The second-order valence-corrected chi connectivity index (χ2v) is 6.90. The average Bonchev–Trinajstić information content (AvgIpc) is 2.47. The lowest BCUT2D eigenvalue weighted by Gasteiger charge is -2.07. The molecule has 1 N–H and O–H groups in total. The Morgan fingerprint density at radius 2 is 1.59 bits per heavy atom. The zero-order valence-corrected chi connectivity index (χ0v) is 13.0. The summed E-state index contributed by atoms with van der Waals surface area (Å²) in [4.78, 5) is 23.4. The van der Waals surface area contributed by atoms with Gasteiger partial charge in [0.25, 0.3) is 5.91 Å². The first-order valence-electron chi connectivity index (χ1n) is 6.50. The molecule has 0 unspecified atom stereocenters. The van der Waals surface area contributed by atoms with Crippen LogP contribution in [0.4, 0.5) is 5.69 Å². The Morgan fingerprint density at radius 1 is 0.955 bits per heavy atom. The maximum absolute atomic E-state index is 12.1. The summed E-state index contributed by atoms with van der Waals surface area (Å²) in [6, 6.07) is 12.3. The van der Waals surface area contributed by atoms with E-state index < -0.39 is 15.7 Å². The lowest BCUT2D eigenvalue weighted by Crippen LogP contribution is -2.12. The fraction of sp³-hybridized carbons (Fsp3) is 0.125. The number of rotatable bonds is 4. The van der Waals surface area contributed by atoms with Gasteiger partial charge >= 0.3 is 0 Å².